The van der Waals surface area contributed by atoms with Crippen LogP contribution in [-0.2, 0) is 0 Å². The van der Waals surface area contributed by atoms with Crippen molar-refractivity contribution in [3.8, 4) is 5.75 Å². The molecule has 0 spiro atoms. The maximum atomic E-state index is 13.0. The van der Waals surface area contributed by atoms with Gasteiger partial charge in [-0.3, -0.25) is 4.90 Å². The minimum Gasteiger partial charge on any atom is -0.493 e. The minimum atomic E-state index is -0.388. The lowest BCUT2D eigenvalue weighted by molar-refractivity contribution is 0.0725. The van der Waals surface area contributed by atoms with Crippen molar-refractivity contribution in [1.29, 1.82) is 0 Å². The number of hydrogen-bond donors (Lipinski definition) is 0. The van der Waals surface area contributed by atoms with E-state index in [9.17, 15) is 4.39 Å². The molecule has 0 radical (unpaired) electrons. The predicted octanol–water partition coefficient (Wildman–Crippen LogP) is 2.60. The van der Waals surface area contributed by atoms with E-state index < -0.39 is 0 Å². The molecular weight excluding hydrogens is 319 g/mol. The largest absolute Gasteiger partial charge is 0.493 e. The molecule has 2 aliphatic rings. The van der Waals surface area contributed by atoms with E-state index in [1.165, 1.54) is 18.8 Å². The first-order chi connectivity index (χ1) is 12.3. The van der Waals surface area contributed by atoms with Gasteiger partial charge in [-0.15, -0.1) is 0 Å². The molecule has 132 valence electrons. The monoisotopic (exact) mass is 342 g/mol. The van der Waals surface area contributed by atoms with Crippen molar-refractivity contribution in [2.75, 3.05) is 37.7 Å². The van der Waals surface area contributed by atoms with Gasteiger partial charge in [-0.05, 0) is 25.0 Å². The molecule has 2 saturated heterocycles. The smallest absolute Gasteiger partial charge is 0.225 e. The molecule has 25 heavy (non-hydrogen) atoms. The van der Waals surface area contributed by atoms with Crippen LogP contribution in [0.2, 0.25) is 0 Å². The number of rotatable bonds is 4. The van der Waals surface area contributed by atoms with Crippen LogP contribution < -0.4 is 9.64 Å². The van der Waals surface area contributed by atoms with Gasteiger partial charge in [0.2, 0.25) is 5.95 Å². The van der Waals surface area contributed by atoms with Crippen LogP contribution in [0.25, 0.3) is 0 Å². The second-order valence-corrected chi connectivity index (χ2v) is 6.86. The van der Waals surface area contributed by atoms with Crippen LogP contribution >= 0.6 is 0 Å². The zero-order valence-corrected chi connectivity index (χ0v) is 14.2. The van der Waals surface area contributed by atoms with E-state index in [1.54, 1.807) is 0 Å². The lowest BCUT2D eigenvalue weighted by atomic mass is 9.91. The topological polar surface area (TPSA) is 41.5 Å². The van der Waals surface area contributed by atoms with Crippen LogP contribution in [0.4, 0.5) is 10.3 Å². The van der Waals surface area contributed by atoms with E-state index in [0.717, 1.165) is 45.0 Å². The average molecular weight is 342 g/mol. The van der Waals surface area contributed by atoms with Crippen LogP contribution in [0.3, 0.4) is 0 Å². The van der Waals surface area contributed by atoms with Gasteiger partial charge in [0, 0.05) is 38.1 Å². The predicted molar refractivity (Wildman–Crippen MR) is 94.2 cm³/mol. The van der Waals surface area contributed by atoms with E-state index >= 15 is 0 Å². The standard InChI is InChI=1S/C19H23FN4O/c20-16-10-21-19(22-11-16)24-9-8-23-12-15(6-7-17(23)13-24)14-25-18-4-2-1-3-5-18/h1-5,10-11,15,17H,6-9,12-14H2/t15-,17+/m1/s1. The fourth-order valence-electron chi connectivity index (χ4n) is 3.78. The van der Waals surface area contributed by atoms with Gasteiger partial charge in [0.15, 0.2) is 5.82 Å². The lowest BCUT2D eigenvalue weighted by Gasteiger charge is -2.46. The Labute approximate surface area is 147 Å². The summed E-state index contributed by atoms with van der Waals surface area (Å²) in [5.74, 6) is 1.77. The van der Waals surface area contributed by atoms with Crippen molar-refractivity contribution in [2.45, 2.75) is 18.9 Å². The Balaban J connectivity index is 1.30. The highest BCUT2D eigenvalue weighted by Crippen LogP contribution is 2.27. The van der Waals surface area contributed by atoms with E-state index in [-0.39, 0.29) is 5.82 Å². The van der Waals surface area contributed by atoms with Gasteiger partial charge in [-0.25, -0.2) is 14.4 Å². The second kappa shape index (κ2) is 7.35. The molecule has 5 nitrogen and oxygen atoms in total. The first kappa shape index (κ1) is 16.3. The Hall–Kier alpha value is -2.21. The summed E-state index contributed by atoms with van der Waals surface area (Å²) in [6.45, 7) is 4.65. The zero-order valence-electron chi connectivity index (χ0n) is 14.2. The fourth-order valence-corrected chi connectivity index (χ4v) is 3.78. The SMILES string of the molecule is Fc1cnc(N2CCN3C[C@H](COc4ccccc4)CC[C@H]3C2)nc1. The number of hydrogen-bond acceptors (Lipinski definition) is 5. The number of fused-ring (bicyclic) bond motifs is 1. The second-order valence-electron chi connectivity index (χ2n) is 6.86. The summed E-state index contributed by atoms with van der Waals surface area (Å²) >= 11 is 0. The maximum Gasteiger partial charge on any atom is 0.225 e. The summed E-state index contributed by atoms with van der Waals surface area (Å²) in [6.07, 6.45) is 4.81. The van der Waals surface area contributed by atoms with Crippen molar-refractivity contribution < 1.29 is 9.13 Å². The van der Waals surface area contributed by atoms with Gasteiger partial charge in [0.1, 0.15) is 5.75 Å². The third kappa shape index (κ3) is 3.90. The number of aromatic nitrogens is 2. The van der Waals surface area contributed by atoms with Crippen molar-refractivity contribution in [2.24, 2.45) is 5.92 Å². The molecular formula is C19H23FN4O. The number of halogens is 1. The van der Waals surface area contributed by atoms with Crippen LogP contribution in [0.5, 0.6) is 5.75 Å². The third-order valence-corrected chi connectivity index (χ3v) is 5.12. The molecule has 2 aliphatic heterocycles. The summed E-state index contributed by atoms with van der Waals surface area (Å²) in [5, 5.41) is 0. The summed E-state index contributed by atoms with van der Waals surface area (Å²) in [5.41, 5.74) is 0. The molecule has 1 aromatic carbocycles. The molecule has 6 heteroatoms. The molecule has 0 aliphatic carbocycles. The summed E-state index contributed by atoms with van der Waals surface area (Å²) < 4.78 is 18.9. The van der Waals surface area contributed by atoms with Gasteiger partial charge in [-0.1, -0.05) is 18.2 Å². The van der Waals surface area contributed by atoms with Crippen LogP contribution in [0, 0.1) is 11.7 Å². The molecule has 2 fully saturated rings. The molecule has 0 unspecified atom stereocenters. The van der Waals surface area contributed by atoms with E-state index in [0.29, 0.717) is 17.9 Å². The van der Waals surface area contributed by atoms with E-state index in [4.69, 9.17) is 4.74 Å². The van der Waals surface area contributed by atoms with Gasteiger partial charge >= 0.3 is 0 Å². The maximum absolute atomic E-state index is 13.0. The Bertz CT molecular complexity index is 682. The Morgan fingerprint density at radius 1 is 1.04 bits per heavy atom. The number of anilines is 1. The molecule has 2 atom stereocenters. The summed E-state index contributed by atoms with van der Waals surface area (Å²) in [7, 11) is 0. The van der Waals surface area contributed by atoms with Crippen LogP contribution in [0.15, 0.2) is 42.7 Å². The summed E-state index contributed by atoms with van der Waals surface area (Å²) in [6, 6.07) is 10.5. The minimum absolute atomic E-state index is 0.388. The van der Waals surface area contributed by atoms with Gasteiger partial charge < -0.3 is 9.64 Å². The first-order valence-corrected chi connectivity index (χ1v) is 8.92. The molecule has 1 aromatic heterocycles. The summed E-state index contributed by atoms with van der Waals surface area (Å²) in [4.78, 5) is 13.0. The number of nitrogens with zero attached hydrogens (tertiary/aromatic N) is 4. The molecule has 0 amide bonds. The van der Waals surface area contributed by atoms with Crippen molar-refractivity contribution in [3.05, 3.63) is 48.5 Å². The molecule has 0 saturated carbocycles. The van der Waals surface area contributed by atoms with E-state index in [1.807, 2.05) is 30.3 Å². The lowest BCUT2D eigenvalue weighted by Crippen LogP contribution is -2.57. The Kier molecular flexibility index (Phi) is 4.78. The molecule has 4 rings (SSSR count). The average Bonchev–Trinajstić information content (AvgIpc) is 2.67. The van der Waals surface area contributed by atoms with E-state index in [2.05, 4.69) is 19.8 Å². The van der Waals surface area contributed by atoms with Crippen LogP contribution in [-0.4, -0.2) is 53.7 Å². The third-order valence-electron chi connectivity index (χ3n) is 5.12. The first-order valence-electron chi connectivity index (χ1n) is 8.92. The Morgan fingerprint density at radius 2 is 1.84 bits per heavy atom. The quantitative estimate of drug-likeness (QED) is 0.854. The highest BCUT2D eigenvalue weighted by molar-refractivity contribution is 5.30. The highest BCUT2D eigenvalue weighted by Gasteiger charge is 2.33. The number of piperazine rings is 1. The van der Waals surface area contributed by atoms with Crippen LogP contribution in [0.1, 0.15) is 12.8 Å². The van der Waals surface area contributed by atoms with Gasteiger partial charge in [0.05, 0.1) is 19.0 Å². The van der Waals surface area contributed by atoms with Crippen molar-refractivity contribution >= 4 is 5.95 Å². The normalized spacial score (nSPS) is 24.0. The zero-order chi connectivity index (χ0) is 17.1. The molecule has 0 N–H and O–H groups in total. The number of ether oxygens (including phenoxy) is 1. The van der Waals surface area contributed by atoms with Crippen molar-refractivity contribution in [3.63, 3.8) is 0 Å². The fraction of sp³-hybridized carbons (Fsp3) is 0.474. The number of piperidine rings is 1. The van der Waals surface area contributed by atoms with Gasteiger partial charge in [0.25, 0.3) is 0 Å². The molecule has 0 bridgehead atoms. The van der Waals surface area contributed by atoms with Crippen molar-refractivity contribution in [1.82, 2.24) is 14.9 Å². The Morgan fingerprint density at radius 3 is 2.64 bits per heavy atom. The molecule has 2 aromatic rings. The highest BCUT2D eigenvalue weighted by atomic mass is 19.1. The number of para-hydroxylation sites is 1. The number of benzene rings is 1. The van der Waals surface area contributed by atoms with Gasteiger partial charge in [-0.2, -0.15) is 0 Å². The molecule has 3 heterocycles.